The molecule has 1 heterocycles. The van der Waals surface area contributed by atoms with Crippen LogP contribution in [0.5, 0.6) is 0 Å². The summed E-state index contributed by atoms with van der Waals surface area (Å²) in [5.74, 6) is -0.474. The Balaban J connectivity index is 2.27. The summed E-state index contributed by atoms with van der Waals surface area (Å²) in [6, 6.07) is 6.43. The molecule has 0 aromatic heterocycles. The lowest BCUT2D eigenvalue weighted by atomic mass is 9.78. The van der Waals surface area contributed by atoms with Gasteiger partial charge in [0.1, 0.15) is 5.60 Å². The maximum Gasteiger partial charge on any atom is 0.495 e. The van der Waals surface area contributed by atoms with Crippen molar-refractivity contribution in [2.45, 2.75) is 45.3 Å². The maximum atomic E-state index is 13.3. The van der Waals surface area contributed by atoms with E-state index in [1.165, 1.54) is 13.0 Å². The fourth-order valence-electron chi connectivity index (χ4n) is 2.25. The second-order valence-corrected chi connectivity index (χ2v) is 5.83. The molecule has 1 aromatic carbocycles. The fourth-order valence-corrected chi connectivity index (χ4v) is 2.25. The van der Waals surface area contributed by atoms with E-state index in [4.69, 9.17) is 14.0 Å². The molecule has 0 bridgehead atoms. The van der Waals surface area contributed by atoms with Crippen LogP contribution in [0.2, 0.25) is 0 Å². The molecule has 0 radical (unpaired) electrons. The van der Waals surface area contributed by atoms with E-state index >= 15 is 0 Å². The topological polar surface area (TPSA) is 44.8 Å². The normalized spacial score (nSPS) is 23.9. The van der Waals surface area contributed by atoms with Gasteiger partial charge in [-0.1, -0.05) is 12.1 Å². The molecule has 1 aliphatic rings. The average Bonchev–Trinajstić information content (AvgIpc) is 2.71. The number of benzene rings is 1. The first-order valence-corrected chi connectivity index (χ1v) is 7.12. The van der Waals surface area contributed by atoms with E-state index in [2.05, 4.69) is 0 Å². The molecule has 0 aliphatic carbocycles. The van der Waals surface area contributed by atoms with E-state index < -0.39 is 30.7 Å². The molecule has 7 heteroatoms. The summed E-state index contributed by atoms with van der Waals surface area (Å²) in [5, 5.41) is 0. The summed E-state index contributed by atoms with van der Waals surface area (Å²) < 4.78 is 42.7. The van der Waals surface area contributed by atoms with Crippen molar-refractivity contribution < 1.29 is 27.6 Å². The fraction of sp³-hybridized carbons (Fsp3) is 0.533. The lowest BCUT2D eigenvalue weighted by Gasteiger charge is -2.35. The van der Waals surface area contributed by atoms with Crippen LogP contribution in [-0.4, -0.2) is 37.3 Å². The summed E-state index contributed by atoms with van der Waals surface area (Å²) in [6.45, 7) is 6.42. The van der Waals surface area contributed by atoms with Gasteiger partial charge < -0.3 is 14.0 Å². The highest BCUT2D eigenvalue weighted by molar-refractivity contribution is 6.62. The minimum atomic E-state index is -2.69. The van der Waals surface area contributed by atoms with Gasteiger partial charge in [-0.3, -0.25) is 0 Å². The molecular weight excluding hydrogens is 293 g/mol. The predicted molar refractivity (Wildman–Crippen MR) is 78.4 cm³/mol. The Morgan fingerprint density at radius 2 is 2.00 bits per heavy atom. The molecule has 1 aliphatic heterocycles. The Morgan fingerprint density at radius 3 is 2.55 bits per heavy atom. The van der Waals surface area contributed by atoms with Crippen LogP contribution in [0.25, 0.3) is 0 Å². The van der Waals surface area contributed by atoms with Crippen LogP contribution in [0, 0.1) is 0 Å². The first-order chi connectivity index (χ1) is 10.2. The van der Waals surface area contributed by atoms with Gasteiger partial charge in [0.15, 0.2) is 0 Å². The van der Waals surface area contributed by atoms with E-state index in [1.807, 2.05) is 0 Å². The molecule has 1 fully saturated rings. The molecule has 1 unspecified atom stereocenters. The molecule has 1 saturated heterocycles. The SMILES string of the molecule is CCOC(=O)c1cccc(B2OC(C)(C)C(C)(C(F)F)O2)c1. The predicted octanol–water partition coefficient (Wildman–Crippen LogP) is 2.41. The van der Waals surface area contributed by atoms with E-state index in [9.17, 15) is 13.6 Å². The van der Waals surface area contributed by atoms with Gasteiger partial charge in [-0.15, -0.1) is 0 Å². The van der Waals surface area contributed by atoms with E-state index in [0.29, 0.717) is 11.0 Å². The molecule has 0 amide bonds. The number of hydrogen-bond donors (Lipinski definition) is 0. The molecule has 0 N–H and O–H groups in total. The van der Waals surface area contributed by atoms with Crippen molar-refractivity contribution >= 4 is 18.6 Å². The van der Waals surface area contributed by atoms with Crippen molar-refractivity contribution in [1.82, 2.24) is 0 Å². The van der Waals surface area contributed by atoms with Crippen molar-refractivity contribution in [3.8, 4) is 0 Å². The van der Waals surface area contributed by atoms with Gasteiger partial charge in [0.25, 0.3) is 6.43 Å². The van der Waals surface area contributed by atoms with E-state index in [0.717, 1.165) is 0 Å². The van der Waals surface area contributed by atoms with Crippen LogP contribution >= 0.6 is 0 Å². The lowest BCUT2D eigenvalue weighted by molar-refractivity contribution is -0.115. The monoisotopic (exact) mass is 312 g/mol. The van der Waals surface area contributed by atoms with Crippen LogP contribution in [0.15, 0.2) is 24.3 Å². The largest absolute Gasteiger partial charge is 0.495 e. The van der Waals surface area contributed by atoms with Crippen molar-refractivity contribution in [3.63, 3.8) is 0 Å². The Labute approximate surface area is 128 Å². The molecule has 0 saturated carbocycles. The van der Waals surface area contributed by atoms with Gasteiger partial charge in [-0.25, -0.2) is 13.6 Å². The van der Waals surface area contributed by atoms with Gasteiger partial charge in [0.05, 0.1) is 17.8 Å². The number of ether oxygens (including phenoxy) is 1. The molecule has 2 rings (SSSR count). The Morgan fingerprint density at radius 1 is 1.32 bits per heavy atom. The number of rotatable bonds is 4. The number of carbonyl (C=O) groups excluding carboxylic acids is 1. The van der Waals surface area contributed by atoms with Crippen LogP contribution in [0.1, 0.15) is 38.1 Å². The van der Waals surface area contributed by atoms with Gasteiger partial charge in [0, 0.05) is 0 Å². The second kappa shape index (κ2) is 5.97. The summed E-state index contributed by atoms with van der Waals surface area (Å²) >= 11 is 0. The number of alkyl halides is 2. The highest BCUT2D eigenvalue weighted by Crippen LogP contribution is 2.41. The maximum absolute atomic E-state index is 13.3. The highest BCUT2D eigenvalue weighted by atomic mass is 19.3. The van der Waals surface area contributed by atoms with Crippen molar-refractivity contribution in [3.05, 3.63) is 29.8 Å². The summed E-state index contributed by atoms with van der Waals surface area (Å²) in [6.07, 6.45) is -2.69. The third-order valence-electron chi connectivity index (χ3n) is 4.04. The Hall–Kier alpha value is -1.47. The van der Waals surface area contributed by atoms with Crippen LogP contribution in [0.4, 0.5) is 8.78 Å². The second-order valence-electron chi connectivity index (χ2n) is 5.83. The quantitative estimate of drug-likeness (QED) is 0.633. The van der Waals surface area contributed by atoms with Crippen molar-refractivity contribution in [2.24, 2.45) is 0 Å². The molecule has 120 valence electrons. The molecule has 4 nitrogen and oxygen atoms in total. The van der Waals surface area contributed by atoms with E-state index in [-0.39, 0.29) is 6.61 Å². The molecule has 1 aromatic rings. The first kappa shape index (κ1) is 16.9. The van der Waals surface area contributed by atoms with Crippen LogP contribution in [0.3, 0.4) is 0 Å². The third-order valence-corrected chi connectivity index (χ3v) is 4.04. The van der Waals surface area contributed by atoms with Gasteiger partial charge in [-0.2, -0.15) is 0 Å². The Bertz CT molecular complexity index is 564. The average molecular weight is 312 g/mol. The number of halogens is 2. The highest BCUT2D eigenvalue weighted by Gasteiger charge is 2.59. The summed E-state index contributed by atoms with van der Waals surface area (Å²) in [7, 11) is -0.955. The zero-order valence-electron chi connectivity index (χ0n) is 13.1. The molecule has 22 heavy (non-hydrogen) atoms. The first-order valence-electron chi connectivity index (χ1n) is 7.12. The Kier molecular flexibility index (Phi) is 4.58. The van der Waals surface area contributed by atoms with Crippen LogP contribution < -0.4 is 5.46 Å². The van der Waals surface area contributed by atoms with Crippen LogP contribution in [-0.2, 0) is 14.0 Å². The van der Waals surface area contributed by atoms with Crippen molar-refractivity contribution in [1.29, 1.82) is 0 Å². The lowest BCUT2D eigenvalue weighted by Crippen LogP contribution is -2.50. The van der Waals surface area contributed by atoms with Gasteiger partial charge in [0.2, 0.25) is 0 Å². The third kappa shape index (κ3) is 2.87. The molecular formula is C15H19BF2O4. The summed E-state index contributed by atoms with van der Waals surface area (Å²) in [4.78, 5) is 11.8. The minimum Gasteiger partial charge on any atom is -0.462 e. The number of carbonyl (C=O) groups is 1. The zero-order valence-corrected chi connectivity index (χ0v) is 13.1. The molecule has 1 atom stereocenters. The minimum absolute atomic E-state index is 0.260. The standard InChI is InChI=1S/C15H19BF2O4/c1-5-20-12(19)10-7-6-8-11(9-10)16-21-14(2,3)15(4,22-16)13(17)18/h6-9,13H,5H2,1-4H3. The number of hydrogen-bond acceptors (Lipinski definition) is 4. The summed E-state index contributed by atoms with van der Waals surface area (Å²) in [5.41, 5.74) is -2.05. The van der Waals surface area contributed by atoms with Gasteiger partial charge in [-0.05, 0) is 45.3 Å². The van der Waals surface area contributed by atoms with E-state index in [1.54, 1.807) is 39.0 Å². The van der Waals surface area contributed by atoms with Gasteiger partial charge >= 0.3 is 13.1 Å². The smallest absolute Gasteiger partial charge is 0.462 e. The molecule has 0 spiro atoms. The number of esters is 1. The van der Waals surface area contributed by atoms with Crippen molar-refractivity contribution in [2.75, 3.05) is 6.61 Å². The zero-order chi connectivity index (χ0) is 16.5.